The fourth-order valence-corrected chi connectivity index (χ4v) is 1.77. The summed E-state index contributed by atoms with van der Waals surface area (Å²) in [4.78, 5) is 0. The highest BCUT2D eigenvalue weighted by molar-refractivity contribution is 5.44. The van der Waals surface area contributed by atoms with Crippen LogP contribution in [-0.4, -0.2) is 37.2 Å². The summed E-state index contributed by atoms with van der Waals surface area (Å²) in [6, 6.07) is 6.08. The van der Waals surface area contributed by atoms with Gasteiger partial charge in [-0.15, -0.1) is 0 Å². The van der Waals surface area contributed by atoms with Crippen molar-refractivity contribution >= 4 is 0 Å². The van der Waals surface area contributed by atoms with Crippen LogP contribution in [0, 0.1) is 0 Å². The van der Waals surface area contributed by atoms with Gasteiger partial charge in [0.1, 0.15) is 0 Å². The van der Waals surface area contributed by atoms with E-state index >= 15 is 0 Å². The smallest absolute Gasteiger partial charge is 0.231 e. The fourth-order valence-electron chi connectivity index (χ4n) is 1.77. The normalized spacial score (nSPS) is 14.9. The minimum Gasteiger partial charge on any atom is -0.454 e. The van der Waals surface area contributed by atoms with E-state index in [0.717, 1.165) is 17.1 Å². The van der Waals surface area contributed by atoms with Crippen molar-refractivity contribution in [3.05, 3.63) is 23.8 Å². The summed E-state index contributed by atoms with van der Waals surface area (Å²) in [6.45, 7) is 5.67. The number of aliphatic hydroxyl groups excluding tert-OH is 1. The Labute approximate surface area is 113 Å². The van der Waals surface area contributed by atoms with E-state index in [-0.39, 0.29) is 6.79 Å². The van der Waals surface area contributed by atoms with Crippen molar-refractivity contribution in [2.75, 3.05) is 19.9 Å². The summed E-state index contributed by atoms with van der Waals surface area (Å²) in [5, 5.41) is 12.9. The Morgan fingerprint density at radius 1 is 1.32 bits per heavy atom. The van der Waals surface area contributed by atoms with Crippen LogP contribution in [0.5, 0.6) is 11.5 Å². The van der Waals surface area contributed by atoms with Crippen LogP contribution in [0.15, 0.2) is 18.2 Å². The van der Waals surface area contributed by atoms with Crippen LogP contribution < -0.4 is 14.8 Å². The second-order valence-electron chi connectivity index (χ2n) is 4.92. The van der Waals surface area contributed by atoms with E-state index < -0.39 is 6.10 Å². The lowest BCUT2D eigenvalue weighted by molar-refractivity contribution is 0.0280. The maximum atomic E-state index is 9.70. The van der Waals surface area contributed by atoms with Crippen molar-refractivity contribution in [1.29, 1.82) is 0 Å². The van der Waals surface area contributed by atoms with Gasteiger partial charge >= 0.3 is 0 Å². The highest BCUT2D eigenvalue weighted by Gasteiger charge is 2.13. The third-order valence-corrected chi connectivity index (χ3v) is 2.78. The SMILES string of the molecule is CC(C)NCC(O)COCc1ccc2c(c1)OCO2. The molecule has 5 nitrogen and oxygen atoms in total. The van der Waals surface area contributed by atoms with Gasteiger partial charge in [-0.3, -0.25) is 0 Å². The molecule has 1 unspecified atom stereocenters. The summed E-state index contributed by atoms with van der Waals surface area (Å²) < 4.78 is 16.0. The highest BCUT2D eigenvalue weighted by atomic mass is 16.7. The topological polar surface area (TPSA) is 60.0 Å². The van der Waals surface area contributed by atoms with Gasteiger partial charge in [0, 0.05) is 12.6 Å². The van der Waals surface area contributed by atoms with Gasteiger partial charge in [-0.05, 0) is 17.7 Å². The van der Waals surface area contributed by atoms with Gasteiger partial charge in [-0.25, -0.2) is 0 Å². The predicted octanol–water partition coefficient (Wildman–Crippen LogP) is 1.29. The molecule has 1 atom stereocenters. The van der Waals surface area contributed by atoms with Crippen molar-refractivity contribution in [3.63, 3.8) is 0 Å². The molecule has 19 heavy (non-hydrogen) atoms. The van der Waals surface area contributed by atoms with Crippen LogP contribution >= 0.6 is 0 Å². The first-order valence-corrected chi connectivity index (χ1v) is 6.53. The van der Waals surface area contributed by atoms with E-state index in [1.165, 1.54) is 0 Å². The molecule has 1 aromatic carbocycles. The first-order valence-electron chi connectivity index (χ1n) is 6.53. The molecule has 0 spiro atoms. The molecule has 1 aliphatic rings. The molecule has 106 valence electrons. The summed E-state index contributed by atoms with van der Waals surface area (Å²) in [6.07, 6.45) is -0.489. The molecule has 0 saturated heterocycles. The number of hydrogen-bond acceptors (Lipinski definition) is 5. The average molecular weight is 267 g/mol. The van der Waals surface area contributed by atoms with Gasteiger partial charge in [0.25, 0.3) is 0 Å². The van der Waals surface area contributed by atoms with Crippen molar-refractivity contribution in [2.24, 2.45) is 0 Å². The Kier molecular flexibility index (Phi) is 5.01. The van der Waals surface area contributed by atoms with Gasteiger partial charge in [-0.1, -0.05) is 19.9 Å². The van der Waals surface area contributed by atoms with Gasteiger partial charge in [0.2, 0.25) is 6.79 Å². The molecule has 0 saturated carbocycles. The lowest BCUT2D eigenvalue weighted by Gasteiger charge is -2.14. The highest BCUT2D eigenvalue weighted by Crippen LogP contribution is 2.32. The zero-order valence-corrected chi connectivity index (χ0v) is 11.4. The number of fused-ring (bicyclic) bond motifs is 1. The predicted molar refractivity (Wildman–Crippen MR) is 71.4 cm³/mol. The number of ether oxygens (including phenoxy) is 3. The van der Waals surface area contributed by atoms with E-state index in [9.17, 15) is 5.11 Å². The standard InChI is InChI=1S/C14H21NO4/c1-10(2)15-6-12(16)8-17-7-11-3-4-13-14(5-11)19-9-18-13/h3-5,10,12,15-16H,6-9H2,1-2H3. The maximum Gasteiger partial charge on any atom is 0.231 e. The molecule has 0 bridgehead atoms. The first-order chi connectivity index (χ1) is 9.15. The molecule has 0 fully saturated rings. The molecular weight excluding hydrogens is 246 g/mol. The fraction of sp³-hybridized carbons (Fsp3) is 0.571. The summed E-state index contributed by atoms with van der Waals surface area (Å²) in [5.74, 6) is 1.52. The Bertz CT molecular complexity index is 408. The van der Waals surface area contributed by atoms with E-state index in [2.05, 4.69) is 5.32 Å². The van der Waals surface area contributed by atoms with Crippen LogP contribution in [0.1, 0.15) is 19.4 Å². The van der Waals surface area contributed by atoms with Crippen LogP contribution in [0.4, 0.5) is 0 Å². The monoisotopic (exact) mass is 267 g/mol. The van der Waals surface area contributed by atoms with E-state index in [4.69, 9.17) is 14.2 Å². The molecule has 0 aromatic heterocycles. The number of benzene rings is 1. The molecule has 1 aliphatic heterocycles. The quantitative estimate of drug-likeness (QED) is 0.779. The van der Waals surface area contributed by atoms with Gasteiger partial charge in [-0.2, -0.15) is 0 Å². The van der Waals surface area contributed by atoms with Crippen molar-refractivity contribution in [2.45, 2.75) is 32.6 Å². The van der Waals surface area contributed by atoms with Crippen LogP contribution in [0.3, 0.4) is 0 Å². The molecular formula is C14H21NO4. The Morgan fingerprint density at radius 2 is 2.11 bits per heavy atom. The van der Waals surface area contributed by atoms with Gasteiger partial charge < -0.3 is 24.6 Å². The lowest BCUT2D eigenvalue weighted by Crippen LogP contribution is -2.34. The van der Waals surface area contributed by atoms with E-state index in [1.807, 2.05) is 32.0 Å². The second kappa shape index (κ2) is 6.75. The Balaban J connectivity index is 1.71. The number of hydrogen-bond donors (Lipinski definition) is 2. The van der Waals surface area contributed by atoms with Crippen molar-refractivity contribution < 1.29 is 19.3 Å². The van der Waals surface area contributed by atoms with E-state index in [0.29, 0.717) is 25.8 Å². The van der Waals surface area contributed by atoms with Crippen LogP contribution in [-0.2, 0) is 11.3 Å². The second-order valence-corrected chi connectivity index (χ2v) is 4.92. The molecule has 1 heterocycles. The van der Waals surface area contributed by atoms with Crippen LogP contribution in [0.2, 0.25) is 0 Å². The minimum absolute atomic E-state index is 0.277. The summed E-state index contributed by atoms with van der Waals surface area (Å²) in [5.41, 5.74) is 1.01. The number of rotatable bonds is 7. The minimum atomic E-state index is -0.489. The lowest BCUT2D eigenvalue weighted by atomic mass is 10.2. The summed E-state index contributed by atoms with van der Waals surface area (Å²) >= 11 is 0. The zero-order valence-electron chi connectivity index (χ0n) is 11.4. The molecule has 5 heteroatoms. The summed E-state index contributed by atoms with van der Waals surface area (Å²) in [7, 11) is 0. The van der Waals surface area contributed by atoms with Crippen molar-refractivity contribution in [3.8, 4) is 11.5 Å². The number of nitrogens with one attached hydrogen (secondary N) is 1. The average Bonchev–Trinajstić information content (AvgIpc) is 2.83. The van der Waals surface area contributed by atoms with Crippen molar-refractivity contribution in [1.82, 2.24) is 5.32 Å². The molecule has 2 N–H and O–H groups in total. The first kappa shape index (κ1) is 14.1. The molecule has 0 aliphatic carbocycles. The Morgan fingerprint density at radius 3 is 2.89 bits per heavy atom. The molecule has 1 aromatic rings. The largest absolute Gasteiger partial charge is 0.454 e. The molecule has 0 radical (unpaired) electrons. The number of aliphatic hydroxyl groups is 1. The van der Waals surface area contributed by atoms with Crippen LogP contribution in [0.25, 0.3) is 0 Å². The Hall–Kier alpha value is -1.30. The molecule has 0 amide bonds. The van der Waals surface area contributed by atoms with Gasteiger partial charge in [0.15, 0.2) is 11.5 Å². The van der Waals surface area contributed by atoms with E-state index in [1.54, 1.807) is 0 Å². The zero-order chi connectivity index (χ0) is 13.7. The third-order valence-electron chi connectivity index (χ3n) is 2.78. The third kappa shape index (κ3) is 4.38. The molecule has 2 rings (SSSR count). The van der Waals surface area contributed by atoms with Gasteiger partial charge in [0.05, 0.1) is 19.3 Å². The maximum absolute atomic E-state index is 9.70.